The molecule has 0 aliphatic carbocycles. The molecule has 0 spiro atoms. The molecule has 0 N–H and O–H groups in total. The number of aldehydes is 1. The molecule has 25 heavy (non-hydrogen) atoms. The van der Waals surface area contributed by atoms with E-state index in [9.17, 15) is 9.59 Å². The molecule has 0 saturated heterocycles. The first-order valence-electron chi connectivity index (χ1n) is 8.29. The van der Waals surface area contributed by atoms with Crippen LogP contribution in [0, 0.1) is 0 Å². The number of aryl methyl sites for hydroxylation is 1. The predicted octanol–water partition coefficient (Wildman–Crippen LogP) is 3.14. The first-order valence-corrected chi connectivity index (χ1v) is 11.5. The molecule has 0 aliphatic heterocycles. The maximum absolute atomic E-state index is 11.2. The van der Waals surface area contributed by atoms with Crippen LogP contribution < -0.4 is 9.92 Å². The molecule has 0 aromatic heterocycles. The molecular weight excluding hydrogens is 332 g/mol. The fraction of sp³-hybridized carbons (Fsp3) is 0.300. The van der Waals surface area contributed by atoms with Gasteiger partial charge in [-0.1, -0.05) is 54.7 Å². The van der Waals surface area contributed by atoms with Gasteiger partial charge in [-0.25, -0.2) is 0 Å². The molecular formula is C20H24O4Si. The summed E-state index contributed by atoms with van der Waals surface area (Å²) < 4.78 is 10.6. The van der Waals surface area contributed by atoms with E-state index in [2.05, 4.69) is 17.8 Å². The fourth-order valence-corrected chi connectivity index (χ4v) is 4.22. The number of hydrogen-bond donors (Lipinski definition) is 0. The van der Waals surface area contributed by atoms with E-state index in [0.717, 1.165) is 17.6 Å². The molecule has 0 aliphatic rings. The molecule has 0 unspecified atom stereocenters. The van der Waals surface area contributed by atoms with Gasteiger partial charge in [0.15, 0.2) is 0 Å². The molecule has 0 amide bonds. The van der Waals surface area contributed by atoms with Gasteiger partial charge >= 0.3 is 5.97 Å². The number of hydrogen-bond acceptors (Lipinski definition) is 4. The van der Waals surface area contributed by atoms with Gasteiger partial charge in [0.1, 0.15) is 20.1 Å². The van der Waals surface area contributed by atoms with Crippen molar-refractivity contribution >= 4 is 25.5 Å². The second-order valence-electron chi connectivity index (χ2n) is 6.63. The van der Waals surface area contributed by atoms with E-state index in [1.807, 2.05) is 48.5 Å². The van der Waals surface area contributed by atoms with Crippen molar-refractivity contribution in [2.45, 2.75) is 25.9 Å². The van der Waals surface area contributed by atoms with Crippen molar-refractivity contribution in [2.24, 2.45) is 0 Å². The molecule has 2 aromatic rings. The molecule has 0 fully saturated rings. The van der Waals surface area contributed by atoms with Crippen molar-refractivity contribution in [1.29, 1.82) is 0 Å². The Kier molecular flexibility index (Phi) is 6.53. The largest absolute Gasteiger partial charge is 0.497 e. The van der Waals surface area contributed by atoms with E-state index in [0.29, 0.717) is 24.6 Å². The van der Waals surface area contributed by atoms with Gasteiger partial charge < -0.3 is 9.47 Å². The molecule has 132 valence electrons. The summed E-state index contributed by atoms with van der Waals surface area (Å²) >= 11 is 0. The zero-order valence-corrected chi connectivity index (χ0v) is 16.0. The van der Waals surface area contributed by atoms with Gasteiger partial charge in [-0.2, -0.15) is 0 Å². The second kappa shape index (κ2) is 8.62. The Morgan fingerprint density at radius 2 is 1.68 bits per heavy atom. The zero-order chi connectivity index (χ0) is 18.3. The summed E-state index contributed by atoms with van der Waals surface area (Å²) in [6.07, 6.45) is 2.56. The van der Waals surface area contributed by atoms with Crippen LogP contribution in [0.3, 0.4) is 0 Å². The third kappa shape index (κ3) is 5.57. The number of carbonyl (C=O) groups is 2. The molecule has 0 heterocycles. The monoisotopic (exact) mass is 356 g/mol. The third-order valence-corrected chi connectivity index (χ3v) is 6.96. The lowest BCUT2D eigenvalue weighted by Gasteiger charge is -2.23. The molecule has 0 bridgehead atoms. The molecule has 2 aromatic carbocycles. The minimum atomic E-state index is -1.75. The summed E-state index contributed by atoms with van der Waals surface area (Å²) in [4.78, 5) is 21.9. The number of carbonyl (C=O) groups excluding carboxylic acids is 2. The Labute approximate surface area is 149 Å². The Balaban J connectivity index is 1.92. The van der Waals surface area contributed by atoms with Crippen molar-refractivity contribution in [3.8, 4) is 5.75 Å². The highest BCUT2D eigenvalue weighted by molar-refractivity contribution is 6.89. The van der Waals surface area contributed by atoms with Crippen LogP contribution in [0.15, 0.2) is 48.5 Å². The number of benzene rings is 2. The summed E-state index contributed by atoms with van der Waals surface area (Å²) in [5, 5.41) is 1.26. The van der Waals surface area contributed by atoms with Crippen molar-refractivity contribution in [3.63, 3.8) is 0 Å². The lowest BCUT2D eigenvalue weighted by molar-refractivity contribution is -0.140. The van der Waals surface area contributed by atoms with Crippen molar-refractivity contribution in [3.05, 3.63) is 59.7 Å². The highest BCUT2D eigenvalue weighted by Gasteiger charge is 2.24. The van der Waals surface area contributed by atoms with Gasteiger partial charge in [0, 0.05) is 12.0 Å². The van der Waals surface area contributed by atoms with Crippen LogP contribution in [0.1, 0.15) is 22.3 Å². The van der Waals surface area contributed by atoms with Gasteiger partial charge in [0.05, 0.1) is 13.3 Å². The highest BCUT2D eigenvalue weighted by Crippen LogP contribution is 2.15. The van der Waals surface area contributed by atoms with Crippen molar-refractivity contribution in [1.82, 2.24) is 0 Å². The van der Waals surface area contributed by atoms with Crippen LogP contribution in [0.5, 0.6) is 5.75 Å². The number of methoxy groups -OCH3 is 1. The van der Waals surface area contributed by atoms with Gasteiger partial charge in [-0.3, -0.25) is 9.59 Å². The van der Waals surface area contributed by atoms with E-state index < -0.39 is 8.07 Å². The third-order valence-electron chi connectivity index (χ3n) is 4.20. The zero-order valence-electron chi connectivity index (χ0n) is 15.0. The summed E-state index contributed by atoms with van der Waals surface area (Å²) in [6.45, 7) is 4.49. The van der Waals surface area contributed by atoms with Gasteiger partial charge in [-0.05, 0) is 24.1 Å². The van der Waals surface area contributed by atoms with Crippen LogP contribution in [0.2, 0.25) is 13.1 Å². The smallest absolute Gasteiger partial charge is 0.305 e. The second-order valence-corrected chi connectivity index (χ2v) is 11.3. The maximum Gasteiger partial charge on any atom is 0.305 e. The summed E-state index contributed by atoms with van der Waals surface area (Å²) in [5.74, 6) is 0.626. The van der Waals surface area contributed by atoms with E-state index in [1.165, 1.54) is 12.3 Å². The van der Waals surface area contributed by atoms with Crippen LogP contribution in [-0.4, -0.2) is 33.7 Å². The Hall–Kier alpha value is -2.40. The number of rotatable bonds is 8. The van der Waals surface area contributed by atoms with E-state index in [4.69, 9.17) is 4.74 Å². The number of esters is 1. The van der Waals surface area contributed by atoms with Crippen LogP contribution in [0.4, 0.5) is 0 Å². The van der Waals surface area contributed by atoms with Crippen LogP contribution in [0.25, 0.3) is 0 Å². The van der Waals surface area contributed by atoms with Crippen LogP contribution in [-0.2, 0) is 16.0 Å². The lowest BCUT2D eigenvalue weighted by Crippen LogP contribution is -2.47. The topological polar surface area (TPSA) is 52.6 Å². The normalized spacial score (nSPS) is 11.0. The molecule has 0 atom stereocenters. The van der Waals surface area contributed by atoms with Gasteiger partial charge in [0.25, 0.3) is 0 Å². The first-order chi connectivity index (χ1) is 11.9. The van der Waals surface area contributed by atoms with Gasteiger partial charge in [-0.15, -0.1) is 0 Å². The quantitative estimate of drug-likeness (QED) is 0.414. The summed E-state index contributed by atoms with van der Waals surface area (Å²) in [6, 6.07) is 15.6. The first kappa shape index (κ1) is 18.9. The SMILES string of the molecule is COC(=O)CCc1ccc(OC[Si](C)(C)c2ccc(C=O)cc2)cc1. The average molecular weight is 356 g/mol. The fourth-order valence-electron chi connectivity index (χ4n) is 2.46. The molecule has 4 nitrogen and oxygen atoms in total. The standard InChI is InChI=1S/C20H24O4Si/c1-23-20(22)13-8-16-4-9-18(10-5-16)24-15-25(2,3)19-11-6-17(14-21)7-12-19/h4-7,9-12,14H,8,13,15H2,1-3H3. The maximum atomic E-state index is 11.2. The molecule has 5 heteroatoms. The Morgan fingerprint density at radius 3 is 2.24 bits per heavy atom. The molecule has 0 saturated carbocycles. The number of ether oxygens (including phenoxy) is 2. The van der Waals surface area contributed by atoms with E-state index in [1.54, 1.807) is 0 Å². The van der Waals surface area contributed by atoms with Crippen molar-refractivity contribution < 1.29 is 19.1 Å². The van der Waals surface area contributed by atoms with Crippen LogP contribution >= 0.6 is 0 Å². The van der Waals surface area contributed by atoms with Crippen molar-refractivity contribution in [2.75, 3.05) is 13.3 Å². The van der Waals surface area contributed by atoms with Gasteiger partial charge in [0.2, 0.25) is 0 Å². The summed E-state index contributed by atoms with van der Waals surface area (Å²) in [5.41, 5.74) is 1.77. The van der Waals surface area contributed by atoms with E-state index in [-0.39, 0.29) is 5.97 Å². The highest BCUT2D eigenvalue weighted by atomic mass is 28.3. The summed E-state index contributed by atoms with van der Waals surface area (Å²) in [7, 11) is -0.346. The van der Waals surface area contributed by atoms with E-state index >= 15 is 0 Å². The minimum Gasteiger partial charge on any atom is -0.497 e. The average Bonchev–Trinajstić information content (AvgIpc) is 2.65. The lowest BCUT2D eigenvalue weighted by atomic mass is 10.1. The molecule has 0 radical (unpaired) electrons. The molecule has 2 rings (SSSR count). The Bertz CT molecular complexity index is 705. The Morgan fingerprint density at radius 1 is 1.04 bits per heavy atom. The predicted molar refractivity (Wildman–Crippen MR) is 101 cm³/mol. The minimum absolute atomic E-state index is 0.200.